The van der Waals surface area contributed by atoms with Crippen LogP contribution in [0.15, 0.2) is 40.9 Å². The molecule has 1 fully saturated rings. The fourth-order valence-corrected chi connectivity index (χ4v) is 2.98. The van der Waals surface area contributed by atoms with Crippen LogP contribution in [-0.2, 0) is 0 Å². The SMILES string of the molecule is N=C1C=CC(C(=N)c2c(NC3CCCC3)cc[nH]c2=O)=CC1=N.O. The van der Waals surface area contributed by atoms with Gasteiger partial charge in [0.2, 0.25) is 0 Å². The second kappa shape index (κ2) is 7.18. The van der Waals surface area contributed by atoms with E-state index in [0.717, 1.165) is 12.8 Å². The Hall–Kier alpha value is -2.80. The van der Waals surface area contributed by atoms with Crippen molar-refractivity contribution in [3.05, 3.63) is 52.0 Å². The molecule has 7 nitrogen and oxygen atoms in total. The summed E-state index contributed by atoms with van der Waals surface area (Å²) >= 11 is 0. The predicted octanol–water partition coefficient (Wildman–Crippen LogP) is 1.81. The van der Waals surface area contributed by atoms with E-state index in [-0.39, 0.29) is 33.7 Å². The fraction of sp³-hybridized carbons (Fsp3) is 0.294. The van der Waals surface area contributed by atoms with Gasteiger partial charge in [0, 0.05) is 17.8 Å². The molecule has 0 radical (unpaired) electrons. The van der Waals surface area contributed by atoms with Crippen molar-refractivity contribution in [2.24, 2.45) is 0 Å². The number of hydrogen-bond acceptors (Lipinski definition) is 5. The summed E-state index contributed by atoms with van der Waals surface area (Å²) in [5, 5.41) is 27.0. The number of allylic oxidation sites excluding steroid dienone is 4. The third kappa shape index (κ3) is 3.41. The Morgan fingerprint density at radius 2 is 1.88 bits per heavy atom. The zero-order chi connectivity index (χ0) is 16.4. The van der Waals surface area contributed by atoms with Gasteiger partial charge < -0.3 is 15.8 Å². The van der Waals surface area contributed by atoms with E-state index in [1.165, 1.54) is 25.0 Å². The summed E-state index contributed by atoms with van der Waals surface area (Å²) in [6.45, 7) is 0. The molecule has 0 unspecified atom stereocenters. The summed E-state index contributed by atoms with van der Waals surface area (Å²) in [5.74, 6) is 0. The summed E-state index contributed by atoms with van der Waals surface area (Å²) in [7, 11) is 0. The number of hydrogen-bond donors (Lipinski definition) is 5. The molecular formula is C17H21N5O2. The van der Waals surface area contributed by atoms with Gasteiger partial charge in [-0.1, -0.05) is 18.9 Å². The molecule has 1 saturated carbocycles. The predicted molar refractivity (Wildman–Crippen MR) is 96.1 cm³/mol. The number of aromatic nitrogens is 1. The fourth-order valence-electron chi connectivity index (χ4n) is 2.98. The minimum Gasteiger partial charge on any atom is -0.412 e. The molecule has 1 heterocycles. The maximum atomic E-state index is 12.3. The van der Waals surface area contributed by atoms with Crippen LogP contribution < -0.4 is 10.9 Å². The number of rotatable bonds is 4. The average Bonchev–Trinajstić information content (AvgIpc) is 3.03. The van der Waals surface area contributed by atoms with Gasteiger partial charge in [-0.05, 0) is 31.1 Å². The Morgan fingerprint density at radius 3 is 2.54 bits per heavy atom. The minimum atomic E-state index is -0.320. The second-order valence-electron chi connectivity index (χ2n) is 5.86. The highest BCUT2D eigenvalue weighted by molar-refractivity contribution is 6.50. The first-order chi connectivity index (χ1) is 11.1. The van der Waals surface area contributed by atoms with Crippen molar-refractivity contribution in [1.82, 2.24) is 4.98 Å². The van der Waals surface area contributed by atoms with E-state index >= 15 is 0 Å². The lowest BCUT2D eigenvalue weighted by molar-refractivity contribution is 0.754. The van der Waals surface area contributed by atoms with Crippen molar-refractivity contribution >= 4 is 22.8 Å². The molecule has 24 heavy (non-hydrogen) atoms. The molecule has 1 aromatic heterocycles. The highest BCUT2D eigenvalue weighted by Crippen LogP contribution is 2.24. The summed E-state index contributed by atoms with van der Waals surface area (Å²) in [4.78, 5) is 14.9. The van der Waals surface area contributed by atoms with Crippen molar-refractivity contribution in [2.45, 2.75) is 31.7 Å². The number of aromatic amines is 1. The number of pyridine rings is 1. The van der Waals surface area contributed by atoms with Gasteiger partial charge >= 0.3 is 0 Å². The van der Waals surface area contributed by atoms with Gasteiger partial charge in [-0.2, -0.15) is 0 Å². The van der Waals surface area contributed by atoms with Crippen LogP contribution in [0.1, 0.15) is 31.2 Å². The topological polar surface area (TPSA) is 148 Å². The molecule has 0 amide bonds. The third-order valence-electron chi connectivity index (χ3n) is 4.23. The number of anilines is 1. The molecule has 0 bridgehead atoms. The molecule has 2 aliphatic rings. The van der Waals surface area contributed by atoms with Gasteiger partial charge in [0.05, 0.1) is 28.4 Å². The highest BCUT2D eigenvalue weighted by Gasteiger charge is 2.21. The van der Waals surface area contributed by atoms with Crippen LogP contribution in [0.3, 0.4) is 0 Å². The van der Waals surface area contributed by atoms with Crippen LogP contribution in [0.2, 0.25) is 0 Å². The Morgan fingerprint density at radius 1 is 1.17 bits per heavy atom. The summed E-state index contributed by atoms with van der Waals surface area (Å²) in [6.07, 6.45) is 10.6. The quantitative estimate of drug-likeness (QED) is 0.424. The van der Waals surface area contributed by atoms with E-state index in [2.05, 4.69) is 10.3 Å². The first-order valence-electron chi connectivity index (χ1n) is 7.71. The van der Waals surface area contributed by atoms with Gasteiger partial charge in [0.1, 0.15) is 0 Å². The van der Waals surface area contributed by atoms with Crippen molar-refractivity contribution in [3.8, 4) is 0 Å². The van der Waals surface area contributed by atoms with E-state index < -0.39 is 0 Å². The number of nitrogens with one attached hydrogen (secondary N) is 5. The molecule has 0 saturated heterocycles. The summed E-state index contributed by atoms with van der Waals surface area (Å²) in [6, 6.07) is 2.12. The van der Waals surface area contributed by atoms with Gasteiger partial charge in [-0.25, -0.2) is 0 Å². The minimum absolute atomic E-state index is 0. The molecule has 0 atom stereocenters. The van der Waals surface area contributed by atoms with Crippen LogP contribution >= 0.6 is 0 Å². The molecule has 0 spiro atoms. The zero-order valence-corrected chi connectivity index (χ0v) is 13.2. The van der Waals surface area contributed by atoms with E-state index in [1.54, 1.807) is 18.3 Å². The zero-order valence-electron chi connectivity index (χ0n) is 13.2. The standard InChI is InChI=1S/C17H19N5O.H2O/c18-12-6-5-10(9-13(12)19)16(20)15-14(7-8-21-17(15)23)22-11-3-1-2-4-11;/h5-9,11,18-20H,1-4H2,(H2,21,22,23);1H2. The highest BCUT2D eigenvalue weighted by atomic mass is 16.1. The molecule has 7 heteroatoms. The van der Waals surface area contributed by atoms with E-state index in [1.807, 2.05) is 0 Å². The molecule has 1 aromatic rings. The van der Waals surface area contributed by atoms with Gasteiger partial charge in [0.25, 0.3) is 5.56 Å². The number of H-pyrrole nitrogens is 1. The Labute approximate surface area is 139 Å². The van der Waals surface area contributed by atoms with Crippen molar-refractivity contribution < 1.29 is 5.48 Å². The lowest BCUT2D eigenvalue weighted by Gasteiger charge is -2.18. The Kier molecular flexibility index (Phi) is 5.25. The van der Waals surface area contributed by atoms with Gasteiger partial charge in [-0.3, -0.25) is 21.0 Å². The van der Waals surface area contributed by atoms with Crippen molar-refractivity contribution in [3.63, 3.8) is 0 Å². The van der Waals surface area contributed by atoms with E-state index in [9.17, 15) is 4.79 Å². The molecule has 0 aliphatic heterocycles. The molecule has 126 valence electrons. The normalized spacial score (nSPS) is 17.4. The van der Waals surface area contributed by atoms with Crippen LogP contribution in [0.5, 0.6) is 0 Å². The monoisotopic (exact) mass is 327 g/mol. The Balaban J connectivity index is 0.00000208. The molecule has 2 aliphatic carbocycles. The third-order valence-corrected chi connectivity index (χ3v) is 4.23. The lowest BCUT2D eigenvalue weighted by atomic mass is 9.95. The van der Waals surface area contributed by atoms with Gasteiger partial charge in [0.15, 0.2) is 0 Å². The summed E-state index contributed by atoms with van der Waals surface area (Å²) in [5.41, 5.74) is 1.32. The van der Waals surface area contributed by atoms with Crippen molar-refractivity contribution in [1.29, 1.82) is 16.2 Å². The van der Waals surface area contributed by atoms with Gasteiger partial charge in [-0.15, -0.1) is 0 Å². The van der Waals surface area contributed by atoms with Crippen LogP contribution in [0.4, 0.5) is 5.69 Å². The van der Waals surface area contributed by atoms with Crippen LogP contribution in [0.25, 0.3) is 0 Å². The largest absolute Gasteiger partial charge is 0.412 e. The first-order valence-corrected chi connectivity index (χ1v) is 7.71. The van der Waals surface area contributed by atoms with Crippen LogP contribution in [0, 0.1) is 16.2 Å². The van der Waals surface area contributed by atoms with E-state index in [4.69, 9.17) is 16.2 Å². The molecule has 3 rings (SSSR count). The second-order valence-corrected chi connectivity index (χ2v) is 5.86. The molecule has 0 aromatic carbocycles. The van der Waals surface area contributed by atoms with Crippen molar-refractivity contribution in [2.75, 3.05) is 5.32 Å². The molecular weight excluding hydrogens is 306 g/mol. The first kappa shape index (κ1) is 17.6. The smallest absolute Gasteiger partial charge is 0.259 e. The lowest BCUT2D eigenvalue weighted by Crippen LogP contribution is -2.25. The summed E-state index contributed by atoms with van der Waals surface area (Å²) < 4.78 is 0. The average molecular weight is 327 g/mol. The van der Waals surface area contributed by atoms with Crippen LogP contribution in [-0.4, -0.2) is 33.6 Å². The van der Waals surface area contributed by atoms with E-state index in [0.29, 0.717) is 17.3 Å². The maximum Gasteiger partial charge on any atom is 0.259 e. The maximum absolute atomic E-state index is 12.3. The Bertz CT molecular complexity index is 797. The molecule has 7 N–H and O–H groups in total.